The van der Waals surface area contributed by atoms with Gasteiger partial charge >= 0.3 is 0 Å². The molecule has 0 bridgehead atoms. The smallest absolute Gasteiger partial charge is 0.130 e. The molecule has 4 heteroatoms. The highest BCUT2D eigenvalue weighted by Crippen LogP contribution is 2.19. The summed E-state index contributed by atoms with van der Waals surface area (Å²) in [4.78, 5) is 2.22. The standard InChI is InChI=1S/C12H16F2N2/c13-9-3-4-10(11(14)7-9)12(15)8-16-5-1-2-6-16/h3-4,7,12H,1-2,5-6,8,15H2. The fourth-order valence-corrected chi connectivity index (χ4v) is 2.14. The minimum Gasteiger partial charge on any atom is -0.323 e. The Balaban J connectivity index is 2.04. The summed E-state index contributed by atoms with van der Waals surface area (Å²) < 4.78 is 26.2. The lowest BCUT2D eigenvalue weighted by Gasteiger charge is -2.20. The molecular formula is C12H16F2N2. The normalized spacial score (nSPS) is 18.9. The number of hydrogen-bond acceptors (Lipinski definition) is 2. The van der Waals surface area contributed by atoms with Crippen LogP contribution in [0, 0.1) is 11.6 Å². The summed E-state index contributed by atoms with van der Waals surface area (Å²) in [5.74, 6) is -1.11. The van der Waals surface area contributed by atoms with Crippen molar-refractivity contribution in [2.24, 2.45) is 5.73 Å². The van der Waals surface area contributed by atoms with Crippen molar-refractivity contribution in [3.8, 4) is 0 Å². The van der Waals surface area contributed by atoms with E-state index in [2.05, 4.69) is 4.90 Å². The zero-order chi connectivity index (χ0) is 11.5. The average molecular weight is 226 g/mol. The van der Waals surface area contributed by atoms with Crippen LogP contribution in [0.2, 0.25) is 0 Å². The summed E-state index contributed by atoms with van der Waals surface area (Å²) >= 11 is 0. The Labute approximate surface area is 94.0 Å². The van der Waals surface area contributed by atoms with E-state index >= 15 is 0 Å². The van der Waals surface area contributed by atoms with Gasteiger partial charge in [-0.25, -0.2) is 8.78 Å². The summed E-state index contributed by atoms with van der Waals surface area (Å²) in [7, 11) is 0. The summed E-state index contributed by atoms with van der Waals surface area (Å²) in [6.07, 6.45) is 2.36. The predicted molar refractivity (Wildman–Crippen MR) is 59.0 cm³/mol. The third kappa shape index (κ3) is 2.57. The lowest BCUT2D eigenvalue weighted by atomic mass is 10.1. The molecule has 1 aliphatic rings. The van der Waals surface area contributed by atoms with E-state index in [4.69, 9.17) is 5.73 Å². The Bertz CT molecular complexity index is 362. The van der Waals surface area contributed by atoms with Gasteiger partial charge in [-0.3, -0.25) is 0 Å². The van der Waals surface area contributed by atoms with Crippen LogP contribution in [0.15, 0.2) is 18.2 Å². The predicted octanol–water partition coefficient (Wildman–Crippen LogP) is 2.06. The van der Waals surface area contributed by atoms with Gasteiger partial charge in [0.1, 0.15) is 11.6 Å². The van der Waals surface area contributed by atoms with Crippen molar-refractivity contribution >= 4 is 0 Å². The molecule has 2 nitrogen and oxygen atoms in total. The van der Waals surface area contributed by atoms with E-state index < -0.39 is 11.6 Å². The number of nitrogens with zero attached hydrogens (tertiary/aromatic N) is 1. The molecular weight excluding hydrogens is 210 g/mol. The van der Waals surface area contributed by atoms with Gasteiger partial charge in [0.05, 0.1) is 0 Å². The van der Waals surface area contributed by atoms with Crippen LogP contribution in [0.3, 0.4) is 0 Å². The van der Waals surface area contributed by atoms with Gasteiger partial charge in [-0.2, -0.15) is 0 Å². The van der Waals surface area contributed by atoms with Gasteiger partial charge in [-0.15, -0.1) is 0 Å². The van der Waals surface area contributed by atoms with Crippen molar-refractivity contribution in [1.82, 2.24) is 4.90 Å². The van der Waals surface area contributed by atoms with Crippen molar-refractivity contribution in [2.75, 3.05) is 19.6 Å². The number of rotatable bonds is 3. The first-order valence-electron chi connectivity index (χ1n) is 5.59. The molecule has 1 heterocycles. The van der Waals surface area contributed by atoms with E-state index in [-0.39, 0.29) is 6.04 Å². The Morgan fingerprint density at radius 3 is 2.56 bits per heavy atom. The van der Waals surface area contributed by atoms with Crippen molar-refractivity contribution in [2.45, 2.75) is 18.9 Å². The van der Waals surface area contributed by atoms with Crippen LogP contribution >= 0.6 is 0 Å². The molecule has 88 valence electrons. The number of benzene rings is 1. The zero-order valence-corrected chi connectivity index (χ0v) is 9.13. The van der Waals surface area contributed by atoms with E-state index in [9.17, 15) is 8.78 Å². The van der Waals surface area contributed by atoms with Crippen molar-refractivity contribution in [1.29, 1.82) is 0 Å². The van der Waals surface area contributed by atoms with Crippen molar-refractivity contribution < 1.29 is 8.78 Å². The fourth-order valence-electron chi connectivity index (χ4n) is 2.14. The lowest BCUT2D eigenvalue weighted by Crippen LogP contribution is -2.30. The molecule has 0 saturated carbocycles. The van der Waals surface area contributed by atoms with Crippen LogP contribution in [0.1, 0.15) is 24.4 Å². The molecule has 1 atom stereocenters. The summed E-state index contributed by atoms with van der Waals surface area (Å²) in [6, 6.07) is 3.20. The van der Waals surface area contributed by atoms with Gasteiger partial charge in [0.25, 0.3) is 0 Å². The van der Waals surface area contributed by atoms with E-state index in [1.54, 1.807) is 0 Å². The van der Waals surface area contributed by atoms with Crippen LogP contribution in [-0.2, 0) is 0 Å². The summed E-state index contributed by atoms with van der Waals surface area (Å²) in [6.45, 7) is 2.69. The molecule has 2 N–H and O–H groups in total. The molecule has 0 aromatic heterocycles. The van der Waals surface area contributed by atoms with Crippen molar-refractivity contribution in [3.63, 3.8) is 0 Å². The quantitative estimate of drug-likeness (QED) is 0.854. The Hall–Kier alpha value is -1.00. The molecule has 0 amide bonds. The molecule has 16 heavy (non-hydrogen) atoms. The minimum atomic E-state index is -0.561. The van der Waals surface area contributed by atoms with Gasteiger partial charge in [0.2, 0.25) is 0 Å². The van der Waals surface area contributed by atoms with Gasteiger partial charge in [0.15, 0.2) is 0 Å². The average Bonchev–Trinajstić information content (AvgIpc) is 2.70. The van der Waals surface area contributed by atoms with E-state index in [0.717, 1.165) is 19.2 Å². The third-order valence-corrected chi connectivity index (χ3v) is 3.02. The fraction of sp³-hybridized carbons (Fsp3) is 0.500. The topological polar surface area (TPSA) is 29.3 Å². The first-order chi connectivity index (χ1) is 7.66. The van der Waals surface area contributed by atoms with E-state index in [1.807, 2.05) is 0 Å². The monoisotopic (exact) mass is 226 g/mol. The molecule has 1 aromatic rings. The van der Waals surface area contributed by atoms with Crippen LogP contribution in [-0.4, -0.2) is 24.5 Å². The van der Waals surface area contributed by atoms with Crippen molar-refractivity contribution in [3.05, 3.63) is 35.4 Å². The summed E-state index contributed by atoms with van der Waals surface area (Å²) in [5.41, 5.74) is 6.32. The largest absolute Gasteiger partial charge is 0.323 e. The first kappa shape index (κ1) is 11.5. The number of nitrogens with two attached hydrogens (primary N) is 1. The number of halogens is 2. The van der Waals surface area contributed by atoms with Gasteiger partial charge in [-0.05, 0) is 32.0 Å². The molecule has 1 aromatic carbocycles. The maximum absolute atomic E-state index is 13.4. The number of likely N-dealkylation sites (tertiary alicyclic amines) is 1. The van der Waals surface area contributed by atoms with Crippen LogP contribution in [0.4, 0.5) is 8.78 Å². The van der Waals surface area contributed by atoms with Crippen LogP contribution < -0.4 is 5.73 Å². The maximum atomic E-state index is 13.4. The molecule has 0 aliphatic carbocycles. The second-order valence-corrected chi connectivity index (χ2v) is 4.28. The van der Waals surface area contributed by atoms with E-state index in [0.29, 0.717) is 12.1 Å². The highest BCUT2D eigenvalue weighted by molar-refractivity contribution is 5.22. The molecule has 0 spiro atoms. The molecule has 0 radical (unpaired) electrons. The second-order valence-electron chi connectivity index (χ2n) is 4.28. The Kier molecular flexibility index (Phi) is 3.51. The highest BCUT2D eigenvalue weighted by atomic mass is 19.1. The first-order valence-corrected chi connectivity index (χ1v) is 5.59. The SMILES string of the molecule is NC(CN1CCCC1)c1ccc(F)cc1F. The maximum Gasteiger partial charge on any atom is 0.130 e. The summed E-state index contributed by atoms with van der Waals surface area (Å²) in [5, 5.41) is 0. The van der Waals surface area contributed by atoms with Gasteiger partial charge in [-0.1, -0.05) is 6.07 Å². The third-order valence-electron chi connectivity index (χ3n) is 3.02. The molecule has 1 unspecified atom stereocenters. The second kappa shape index (κ2) is 4.89. The Morgan fingerprint density at radius 1 is 1.25 bits per heavy atom. The minimum absolute atomic E-state index is 0.376. The number of hydrogen-bond donors (Lipinski definition) is 1. The van der Waals surface area contributed by atoms with E-state index in [1.165, 1.54) is 25.0 Å². The highest BCUT2D eigenvalue weighted by Gasteiger charge is 2.18. The zero-order valence-electron chi connectivity index (χ0n) is 9.13. The molecule has 1 fully saturated rings. The molecule has 1 aliphatic heterocycles. The molecule has 2 rings (SSSR count). The van der Waals surface area contributed by atoms with Crippen LogP contribution in [0.25, 0.3) is 0 Å². The van der Waals surface area contributed by atoms with Gasteiger partial charge < -0.3 is 10.6 Å². The van der Waals surface area contributed by atoms with Gasteiger partial charge in [0, 0.05) is 24.2 Å². The molecule has 1 saturated heterocycles. The van der Waals surface area contributed by atoms with Crippen LogP contribution in [0.5, 0.6) is 0 Å². The lowest BCUT2D eigenvalue weighted by molar-refractivity contribution is 0.313. The Morgan fingerprint density at radius 2 is 1.94 bits per heavy atom.